The SMILES string of the molecule is CCOc1ccc(N)c(SCCC(OCC)OCC)c1. The van der Waals surface area contributed by atoms with Crippen LogP contribution in [-0.4, -0.2) is 31.9 Å². The Morgan fingerprint density at radius 3 is 2.40 bits per heavy atom. The van der Waals surface area contributed by atoms with E-state index in [1.807, 2.05) is 39.0 Å². The van der Waals surface area contributed by atoms with Crippen LogP contribution in [0.2, 0.25) is 0 Å². The highest BCUT2D eigenvalue weighted by Gasteiger charge is 2.09. The van der Waals surface area contributed by atoms with Gasteiger partial charge in [-0.3, -0.25) is 0 Å². The summed E-state index contributed by atoms with van der Waals surface area (Å²) in [6.45, 7) is 7.91. The van der Waals surface area contributed by atoms with Crippen molar-refractivity contribution in [2.75, 3.05) is 31.3 Å². The van der Waals surface area contributed by atoms with E-state index in [2.05, 4.69) is 0 Å². The van der Waals surface area contributed by atoms with Crippen molar-refractivity contribution in [1.29, 1.82) is 0 Å². The van der Waals surface area contributed by atoms with E-state index in [4.69, 9.17) is 19.9 Å². The molecule has 1 aromatic rings. The van der Waals surface area contributed by atoms with Gasteiger partial charge in [-0.05, 0) is 39.0 Å². The van der Waals surface area contributed by atoms with Gasteiger partial charge in [-0.2, -0.15) is 0 Å². The maximum absolute atomic E-state index is 5.98. The van der Waals surface area contributed by atoms with Gasteiger partial charge in [-0.15, -0.1) is 11.8 Å². The second-order valence-corrected chi connectivity index (χ2v) is 5.25. The van der Waals surface area contributed by atoms with Crippen LogP contribution in [0.1, 0.15) is 27.2 Å². The fourth-order valence-electron chi connectivity index (χ4n) is 1.75. The lowest BCUT2D eigenvalue weighted by Crippen LogP contribution is -2.18. The zero-order chi connectivity index (χ0) is 14.8. The van der Waals surface area contributed by atoms with Crippen molar-refractivity contribution in [2.24, 2.45) is 0 Å². The molecule has 0 heterocycles. The molecule has 0 aromatic heterocycles. The van der Waals surface area contributed by atoms with E-state index in [1.54, 1.807) is 11.8 Å². The molecule has 0 spiro atoms. The molecule has 1 rings (SSSR count). The number of nitrogens with two attached hydrogens (primary N) is 1. The Balaban J connectivity index is 2.49. The molecular weight excluding hydrogens is 274 g/mol. The van der Waals surface area contributed by atoms with Crippen molar-refractivity contribution in [2.45, 2.75) is 38.4 Å². The number of hydrogen-bond donors (Lipinski definition) is 1. The lowest BCUT2D eigenvalue weighted by molar-refractivity contribution is -0.136. The van der Waals surface area contributed by atoms with Crippen LogP contribution in [0.5, 0.6) is 5.75 Å². The molecule has 0 bridgehead atoms. The molecule has 114 valence electrons. The van der Waals surface area contributed by atoms with Crippen molar-refractivity contribution >= 4 is 17.4 Å². The van der Waals surface area contributed by atoms with Gasteiger partial charge in [0, 0.05) is 36.0 Å². The zero-order valence-corrected chi connectivity index (χ0v) is 13.4. The lowest BCUT2D eigenvalue weighted by Gasteiger charge is -2.16. The van der Waals surface area contributed by atoms with E-state index in [0.717, 1.165) is 28.5 Å². The molecule has 0 fully saturated rings. The second-order valence-electron chi connectivity index (χ2n) is 4.11. The molecule has 0 aliphatic rings. The third-order valence-corrected chi connectivity index (χ3v) is 3.72. The van der Waals surface area contributed by atoms with Gasteiger partial charge in [0.1, 0.15) is 5.75 Å². The first-order valence-electron chi connectivity index (χ1n) is 7.09. The fraction of sp³-hybridized carbons (Fsp3) is 0.600. The smallest absolute Gasteiger partial charge is 0.158 e. The van der Waals surface area contributed by atoms with Crippen LogP contribution in [0.25, 0.3) is 0 Å². The number of nitrogen functional groups attached to an aromatic ring is 1. The van der Waals surface area contributed by atoms with E-state index >= 15 is 0 Å². The first-order valence-corrected chi connectivity index (χ1v) is 8.08. The number of benzene rings is 1. The van der Waals surface area contributed by atoms with Crippen molar-refractivity contribution in [3.05, 3.63) is 18.2 Å². The molecule has 5 heteroatoms. The van der Waals surface area contributed by atoms with Crippen LogP contribution in [0.4, 0.5) is 5.69 Å². The molecule has 1 aromatic carbocycles. The number of hydrogen-bond acceptors (Lipinski definition) is 5. The average Bonchev–Trinajstić information content (AvgIpc) is 2.43. The predicted octanol–water partition coefficient (Wildman–Crippen LogP) is 3.55. The van der Waals surface area contributed by atoms with Gasteiger partial charge in [0.25, 0.3) is 0 Å². The van der Waals surface area contributed by atoms with Crippen molar-refractivity contribution in [1.82, 2.24) is 0 Å². The van der Waals surface area contributed by atoms with E-state index in [1.165, 1.54) is 0 Å². The van der Waals surface area contributed by atoms with Crippen LogP contribution in [0.15, 0.2) is 23.1 Å². The standard InChI is InChI=1S/C15H25NO3S/c1-4-17-12-7-8-13(16)14(11-12)20-10-9-15(18-5-2)19-6-3/h7-8,11,15H,4-6,9-10,16H2,1-3H3. The Morgan fingerprint density at radius 1 is 1.10 bits per heavy atom. The van der Waals surface area contributed by atoms with Gasteiger partial charge < -0.3 is 19.9 Å². The van der Waals surface area contributed by atoms with E-state index in [9.17, 15) is 0 Å². The van der Waals surface area contributed by atoms with Gasteiger partial charge in [0.05, 0.1) is 6.61 Å². The Hall–Kier alpha value is -0.910. The number of thioether (sulfide) groups is 1. The van der Waals surface area contributed by atoms with Gasteiger partial charge in [0.15, 0.2) is 6.29 Å². The number of ether oxygens (including phenoxy) is 3. The van der Waals surface area contributed by atoms with Crippen LogP contribution in [0, 0.1) is 0 Å². The second kappa shape index (κ2) is 9.91. The molecular formula is C15H25NO3S. The number of rotatable bonds is 10. The normalized spacial score (nSPS) is 11.0. The van der Waals surface area contributed by atoms with Crippen LogP contribution < -0.4 is 10.5 Å². The van der Waals surface area contributed by atoms with Gasteiger partial charge in [-0.25, -0.2) is 0 Å². The molecule has 0 atom stereocenters. The first kappa shape index (κ1) is 17.1. The Bertz CT molecular complexity index is 381. The highest BCUT2D eigenvalue weighted by Crippen LogP contribution is 2.30. The molecule has 0 aliphatic carbocycles. The Morgan fingerprint density at radius 2 is 1.80 bits per heavy atom. The summed E-state index contributed by atoms with van der Waals surface area (Å²) >= 11 is 1.70. The molecule has 0 radical (unpaired) electrons. The van der Waals surface area contributed by atoms with E-state index < -0.39 is 0 Å². The summed E-state index contributed by atoms with van der Waals surface area (Å²) in [7, 11) is 0. The molecule has 0 saturated carbocycles. The van der Waals surface area contributed by atoms with Crippen molar-refractivity contribution in [3.8, 4) is 5.75 Å². The maximum atomic E-state index is 5.98. The Kier molecular flexibility index (Phi) is 8.49. The minimum absolute atomic E-state index is 0.131. The largest absolute Gasteiger partial charge is 0.494 e. The molecule has 0 unspecified atom stereocenters. The van der Waals surface area contributed by atoms with Gasteiger partial charge >= 0.3 is 0 Å². The van der Waals surface area contributed by atoms with Gasteiger partial charge in [-0.1, -0.05) is 0 Å². The van der Waals surface area contributed by atoms with Crippen LogP contribution >= 0.6 is 11.8 Å². The van der Waals surface area contributed by atoms with Crippen molar-refractivity contribution < 1.29 is 14.2 Å². The molecule has 2 N–H and O–H groups in total. The van der Waals surface area contributed by atoms with Crippen LogP contribution in [-0.2, 0) is 9.47 Å². The summed E-state index contributed by atoms with van der Waals surface area (Å²) < 4.78 is 16.5. The summed E-state index contributed by atoms with van der Waals surface area (Å²) in [4.78, 5) is 1.04. The van der Waals surface area contributed by atoms with E-state index in [0.29, 0.717) is 19.8 Å². The maximum Gasteiger partial charge on any atom is 0.158 e. The summed E-state index contributed by atoms with van der Waals surface area (Å²) in [5.41, 5.74) is 6.76. The summed E-state index contributed by atoms with van der Waals surface area (Å²) in [5, 5.41) is 0. The molecule has 20 heavy (non-hydrogen) atoms. The van der Waals surface area contributed by atoms with Crippen LogP contribution in [0.3, 0.4) is 0 Å². The fourth-order valence-corrected chi connectivity index (χ4v) is 2.71. The average molecular weight is 299 g/mol. The predicted molar refractivity (Wildman–Crippen MR) is 84.4 cm³/mol. The minimum atomic E-state index is -0.131. The molecule has 0 amide bonds. The summed E-state index contributed by atoms with van der Waals surface area (Å²) in [6, 6.07) is 5.77. The topological polar surface area (TPSA) is 53.7 Å². The first-order chi connectivity index (χ1) is 9.71. The molecule has 0 aliphatic heterocycles. The molecule has 0 saturated heterocycles. The third kappa shape index (κ3) is 6.03. The van der Waals surface area contributed by atoms with Crippen molar-refractivity contribution in [3.63, 3.8) is 0 Å². The Labute approximate surface area is 126 Å². The number of anilines is 1. The third-order valence-electron chi connectivity index (χ3n) is 2.61. The monoisotopic (exact) mass is 299 g/mol. The quantitative estimate of drug-likeness (QED) is 0.407. The minimum Gasteiger partial charge on any atom is -0.494 e. The highest BCUT2D eigenvalue weighted by atomic mass is 32.2. The highest BCUT2D eigenvalue weighted by molar-refractivity contribution is 7.99. The van der Waals surface area contributed by atoms with E-state index in [-0.39, 0.29) is 6.29 Å². The summed E-state index contributed by atoms with van der Waals surface area (Å²) in [6.07, 6.45) is 0.707. The van der Waals surface area contributed by atoms with Gasteiger partial charge in [0.2, 0.25) is 0 Å². The summed E-state index contributed by atoms with van der Waals surface area (Å²) in [5.74, 6) is 1.75. The zero-order valence-electron chi connectivity index (χ0n) is 12.6. The lowest BCUT2D eigenvalue weighted by atomic mass is 10.3. The molecule has 4 nitrogen and oxygen atoms in total.